The molecule has 6 heteroatoms. The molecular formula is C11H10ClFN4. The number of nitrogens with one attached hydrogen (secondary N) is 1. The first-order valence-corrected chi connectivity index (χ1v) is 5.29. The lowest BCUT2D eigenvalue weighted by Crippen LogP contribution is -2.05. The Morgan fingerprint density at radius 1 is 1.24 bits per heavy atom. The monoisotopic (exact) mass is 252 g/mol. The number of hydrogen-bond acceptors (Lipinski definition) is 4. The van der Waals surface area contributed by atoms with Gasteiger partial charge in [-0.05, 0) is 17.7 Å². The second-order valence-corrected chi connectivity index (χ2v) is 3.76. The summed E-state index contributed by atoms with van der Waals surface area (Å²) in [7, 11) is 0. The molecule has 0 saturated carbocycles. The van der Waals surface area contributed by atoms with E-state index in [0.717, 1.165) is 5.56 Å². The Kier molecular flexibility index (Phi) is 3.39. The predicted molar refractivity (Wildman–Crippen MR) is 65.2 cm³/mol. The van der Waals surface area contributed by atoms with Crippen LogP contribution in [0.3, 0.4) is 0 Å². The molecule has 88 valence electrons. The molecule has 1 aromatic heterocycles. The van der Waals surface area contributed by atoms with Crippen LogP contribution in [0, 0.1) is 5.82 Å². The zero-order valence-electron chi connectivity index (χ0n) is 8.82. The van der Waals surface area contributed by atoms with Crippen LogP contribution in [0.25, 0.3) is 0 Å². The highest BCUT2D eigenvalue weighted by Crippen LogP contribution is 2.22. The molecular weight excluding hydrogens is 243 g/mol. The standard InChI is InChI=1S/C11H10ClFN4/c12-10-9(14)11(17-6-16-10)15-5-7-1-3-8(13)4-2-7/h1-4,6H,5,14H2,(H,15,16,17). The smallest absolute Gasteiger partial charge is 0.157 e. The summed E-state index contributed by atoms with van der Waals surface area (Å²) < 4.78 is 12.7. The number of nitrogens with zero attached hydrogens (tertiary/aromatic N) is 2. The van der Waals surface area contributed by atoms with Crippen molar-refractivity contribution in [1.29, 1.82) is 0 Å². The SMILES string of the molecule is Nc1c(Cl)ncnc1NCc1ccc(F)cc1. The molecule has 1 aromatic carbocycles. The van der Waals surface area contributed by atoms with Gasteiger partial charge in [-0.25, -0.2) is 14.4 Å². The fraction of sp³-hybridized carbons (Fsp3) is 0.0909. The Bertz CT molecular complexity index is 515. The maximum Gasteiger partial charge on any atom is 0.157 e. The molecule has 17 heavy (non-hydrogen) atoms. The highest BCUT2D eigenvalue weighted by atomic mass is 35.5. The van der Waals surface area contributed by atoms with Gasteiger partial charge in [-0.2, -0.15) is 0 Å². The van der Waals surface area contributed by atoms with Gasteiger partial charge in [0.15, 0.2) is 11.0 Å². The molecule has 0 aliphatic heterocycles. The molecule has 0 unspecified atom stereocenters. The Morgan fingerprint density at radius 2 is 1.94 bits per heavy atom. The van der Waals surface area contributed by atoms with Crippen molar-refractivity contribution in [2.45, 2.75) is 6.54 Å². The van der Waals surface area contributed by atoms with Crippen molar-refractivity contribution in [1.82, 2.24) is 9.97 Å². The van der Waals surface area contributed by atoms with Gasteiger partial charge in [0.05, 0.1) is 0 Å². The van der Waals surface area contributed by atoms with Crippen molar-refractivity contribution < 1.29 is 4.39 Å². The van der Waals surface area contributed by atoms with Crippen molar-refractivity contribution in [3.05, 3.63) is 47.1 Å². The molecule has 0 saturated heterocycles. The molecule has 0 amide bonds. The molecule has 3 N–H and O–H groups in total. The summed E-state index contributed by atoms with van der Waals surface area (Å²) in [6, 6.07) is 6.16. The van der Waals surface area contributed by atoms with Gasteiger partial charge < -0.3 is 11.1 Å². The first-order chi connectivity index (χ1) is 8.16. The largest absolute Gasteiger partial charge is 0.393 e. The average Bonchev–Trinajstić information content (AvgIpc) is 2.33. The van der Waals surface area contributed by atoms with E-state index in [-0.39, 0.29) is 11.0 Å². The number of aromatic nitrogens is 2. The molecule has 0 aliphatic rings. The van der Waals surface area contributed by atoms with E-state index in [4.69, 9.17) is 17.3 Å². The van der Waals surface area contributed by atoms with Crippen LogP contribution < -0.4 is 11.1 Å². The number of benzene rings is 1. The van der Waals surface area contributed by atoms with Crippen molar-refractivity contribution in [3.8, 4) is 0 Å². The summed E-state index contributed by atoms with van der Waals surface area (Å²) in [6.45, 7) is 0.484. The lowest BCUT2D eigenvalue weighted by Gasteiger charge is -2.08. The van der Waals surface area contributed by atoms with Gasteiger partial charge in [-0.1, -0.05) is 23.7 Å². The third kappa shape index (κ3) is 2.82. The summed E-state index contributed by atoms with van der Waals surface area (Å²) >= 11 is 5.75. The van der Waals surface area contributed by atoms with Crippen molar-refractivity contribution >= 4 is 23.1 Å². The van der Waals surface area contributed by atoms with Gasteiger partial charge in [0.25, 0.3) is 0 Å². The first-order valence-electron chi connectivity index (χ1n) is 4.91. The fourth-order valence-corrected chi connectivity index (χ4v) is 1.44. The van der Waals surface area contributed by atoms with E-state index in [2.05, 4.69) is 15.3 Å². The van der Waals surface area contributed by atoms with E-state index in [1.54, 1.807) is 12.1 Å². The molecule has 0 radical (unpaired) electrons. The Balaban J connectivity index is 2.07. The van der Waals surface area contributed by atoms with Gasteiger partial charge in [0.1, 0.15) is 17.8 Å². The molecule has 4 nitrogen and oxygen atoms in total. The minimum absolute atomic E-state index is 0.210. The second kappa shape index (κ2) is 4.97. The number of anilines is 2. The van der Waals surface area contributed by atoms with Crippen molar-refractivity contribution in [2.24, 2.45) is 0 Å². The normalized spacial score (nSPS) is 10.2. The number of nitrogen functional groups attached to an aromatic ring is 1. The van der Waals surface area contributed by atoms with Gasteiger partial charge in [0.2, 0.25) is 0 Å². The lowest BCUT2D eigenvalue weighted by atomic mass is 10.2. The lowest BCUT2D eigenvalue weighted by molar-refractivity contribution is 0.627. The quantitative estimate of drug-likeness (QED) is 0.824. The van der Waals surface area contributed by atoms with Crippen molar-refractivity contribution in [2.75, 3.05) is 11.1 Å². The summed E-state index contributed by atoms with van der Waals surface area (Å²) in [5, 5.41) is 3.22. The molecule has 0 atom stereocenters. The van der Waals surface area contributed by atoms with E-state index >= 15 is 0 Å². The topological polar surface area (TPSA) is 63.8 Å². The van der Waals surface area contributed by atoms with Crippen LogP contribution in [-0.4, -0.2) is 9.97 Å². The second-order valence-electron chi connectivity index (χ2n) is 3.41. The first kappa shape index (κ1) is 11.6. The van der Waals surface area contributed by atoms with E-state index in [9.17, 15) is 4.39 Å². The third-order valence-corrected chi connectivity index (χ3v) is 2.51. The van der Waals surface area contributed by atoms with Crippen LogP contribution >= 0.6 is 11.6 Å². The summed E-state index contributed by atoms with van der Waals surface area (Å²) in [6.07, 6.45) is 1.33. The number of nitrogens with two attached hydrogens (primary N) is 1. The summed E-state index contributed by atoms with van der Waals surface area (Å²) in [5.41, 5.74) is 6.91. The van der Waals surface area contributed by atoms with Gasteiger partial charge in [-0.3, -0.25) is 0 Å². The Hall–Kier alpha value is -1.88. The van der Waals surface area contributed by atoms with Gasteiger partial charge >= 0.3 is 0 Å². The predicted octanol–water partition coefficient (Wildman–Crippen LogP) is 2.46. The van der Waals surface area contributed by atoms with Crippen LogP contribution in [0.15, 0.2) is 30.6 Å². The fourth-order valence-electron chi connectivity index (χ4n) is 1.30. The van der Waals surface area contributed by atoms with Crippen LogP contribution in [0.1, 0.15) is 5.56 Å². The highest BCUT2D eigenvalue weighted by molar-refractivity contribution is 6.32. The maximum absolute atomic E-state index is 12.7. The zero-order valence-corrected chi connectivity index (χ0v) is 9.58. The third-order valence-electron chi connectivity index (χ3n) is 2.21. The number of rotatable bonds is 3. The van der Waals surface area contributed by atoms with E-state index in [0.29, 0.717) is 18.1 Å². The van der Waals surface area contributed by atoms with E-state index in [1.807, 2.05) is 0 Å². The average molecular weight is 253 g/mol. The maximum atomic E-state index is 12.7. The van der Waals surface area contributed by atoms with Crippen LogP contribution in [-0.2, 0) is 6.54 Å². The Morgan fingerprint density at radius 3 is 2.65 bits per heavy atom. The van der Waals surface area contributed by atoms with Crippen LogP contribution in [0.2, 0.25) is 5.15 Å². The summed E-state index contributed by atoms with van der Waals surface area (Å²) in [5.74, 6) is 0.202. The minimum Gasteiger partial charge on any atom is -0.393 e. The Labute approximate surface area is 103 Å². The van der Waals surface area contributed by atoms with Gasteiger partial charge in [0, 0.05) is 6.54 Å². The molecule has 0 fully saturated rings. The molecule has 1 heterocycles. The molecule has 2 aromatic rings. The molecule has 0 aliphatic carbocycles. The zero-order chi connectivity index (χ0) is 12.3. The molecule has 0 bridgehead atoms. The van der Waals surface area contributed by atoms with Gasteiger partial charge in [-0.15, -0.1) is 0 Å². The number of halogens is 2. The minimum atomic E-state index is -0.265. The molecule has 0 spiro atoms. The summed E-state index contributed by atoms with van der Waals surface area (Å²) in [4.78, 5) is 7.71. The highest BCUT2D eigenvalue weighted by Gasteiger charge is 2.05. The van der Waals surface area contributed by atoms with E-state index in [1.165, 1.54) is 18.5 Å². The van der Waals surface area contributed by atoms with Crippen LogP contribution in [0.4, 0.5) is 15.9 Å². The van der Waals surface area contributed by atoms with Crippen LogP contribution in [0.5, 0.6) is 0 Å². The van der Waals surface area contributed by atoms with E-state index < -0.39 is 0 Å². The number of hydrogen-bond donors (Lipinski definition) is 2. The van der Waals surface area contributed by atoms with Crippen molar-refractivity contribution in [3.63, 3.8) is 0 Å². The molecule has 2 rings (SSSR count).